The molecule has 0 saturated heterocycles. The average Bonchev–Trinajstić information content (AvgIpc) is 2.74. The van der Waals surface area contributed by atoms with E-state index in [2.05, 4.69) is 29.1 Å². The molecule has 0 aliphatic carbocycles. The second-order valence-corrected chi connectivity index (χ2v) is 4.89. The summed E-state index contributed by atoms with van der Waals surface area (Å²) >= 11 is 1.92. The highest BCUT2D eigenvalue weighted by atomic mass is 32.2. The number of nitrogens with one attached hydrogen (secondary N) is 1. The van der Waals surface area contributed by atoms with Crippen LogP contribution in [0.15, 0.2) is 0 Å². The standard InChI is InChI=1S/C11H17N3S/c1-4-7(2)10-13-9-6-15-5-8(9)11(12-3)14-10/h7H,4-6H2,1-3H3,(H,12,13,14). The molecule has 0 fully saturated rings. The average molecular weight is 223 g/mol. The van der Waals surface area contributed by atoms with Crippen molar-refractivity contribution in [1.82, 2.24) is 9.97 Å². The Morgan fingerprint density at radius 2 is 2.20 bits per heavy atom. The van der Waals surface area contributed by atoms with Crippen molar-refractivity contribution in [2.45, 2.75) is 37.7 Å². The molecule has 0 saturated carbocycles. The molecule has 15 heavy (non-hydrogen) atoms. The van der Waals surface area contributed by atoms with E-state index >= 15 is 0 Å². The number of hydrogen-bond donors (Lipinski definition) is 1. The number of thioether (sulfide) groups is 1. The molecule has 1 atom stereocenters. The first-order valence-electron chi connectivity index (χ1n) is 5.41. The Hall–Kier alpha value is -0.770. The van der Waals surface area contributed by atoms with Crippen LogP contribution >= 0.6 is 11.8 Å². The molecule has 4 heteroatoms. The normalized spacial score (nSPS) is 16.2. The van der Waals surface area contributed by atoms with Crippen LogP contribution in [0.25, 0.3) is 0 Å². The van der Waals surface area contributed by atoms with Gasteiger partial charge in [0.05, 0.1) is 5.69 Å². The highest BCUT2D eigenvalue weighted by Gasteiger charge is 2.20. The molecule has 3 nitrogen and oxygen atoms in total. The van der Waals surface area contributed by atoms with E-state index in [4.69, 9.17) is 0 Å². The summed E-state index contributed by atoms with van der Waals surface area (Å²) in [4.78, 5) is 9.26. The summed E-state index contributed by atoms with van der Waals surface area (Å²) in [7, 11) is 1.94. The molecule has 2 heterocycles. The molecule has 0 radical (unpaired) electrons. The minimum atomic E-state index is 0.452. The molecule has 0 aromatic carbocycles. The SMILES string of the molecule is CCC(C)c1nc2c(c(NC)n1)CSC2. The molecule has 0 bridgehead atoms. The Morgan fingerprint density at radius 1 is 1.40 bits per heavy atom. The van der Waals surface area contributed by atoms with Crippen LogP contribution in [0.3, 0.4) is 0 Å². The van der Waals surface area contributed by atoms with Gasteiger partial charge < -0.3 is 5.32 Å². The van der Waals surface area contributed by atoms with Crippen LogP contribution in [-0.4, -0.2) is 17.0 Å². The number of rotatable bonds is 3. The quantitative estimate of drug-likeness (QED) is 0.855. The molecular formula is C11H17N3S. The van der Waals surface area contributed by atoms with Crippen molar-refractivity contribution < 1.29 is 0 Å². The summed E-state index contributed by atoms with van der Waals surface area (Å²) in [5.74, 6) is 4.55. The van der Waals surface area contributed by atoms with Crippen LogP contribution in [0, 0.1) is 0 Å². The van der Waals surface area contributed by atoms with Gasteiger partial charge in [-0.2, -0.15) is 11.8 Å². The molecule has 1 aromatic heterocycles. The van der Waals surface area contributed by atoms with Gasteiger partial charge in [0.15, 0.2) is 0 Å². The molecule has 0 amide bonds. The largest absolute Gasteiger partial charge is 0.373 e. The van der Waals surface area contributed by atoms with Gasteiger partial charge in [-0.05, 0) is 6.42 Å². The number of fused-ring (bicyclic) bond motifs is 1. The van der Waals surface area contributed by atoms with E-state index in [9.17, 15) is 0 Å². The maximum absolute atomic E-state index is 4.66. The maximum atomic E-state index is 4.66. The molecule has 82 valence electrons. The first-order chi connectivity index (χ1) is 7.26. The Balaban J connectivity index is 2.43. The summed E-state index contributed by atoms with van der Waals surface area (Å²) in [5.41, 5.74) is 2.53. The van der Waals surface area contributed by atoms with Crippen LogP contribution in [0.2, 0.25) is 0 Å². The summed E-state index contributed by atoms with van der Waals surface area (Å²) in [6.07, 6.45) is 1.09. The van der Waals surface area contributed by atoms with Gasteiger partial charge in [0.2, 0.25) is 0 Å². The highest BCUT2D eigenvalue weighted by Crippen LogP contribution is 2.33. The van der Waals surface area contributed by atoms with Gasteiger partial charge in [-0.3, -0.25) is 0 Å². The van der Waals surface area contributed by atoms with Crippen molar-refractivity contribution in [3.63, 3.8) is 0 Å². The van der Waals surface area contributed by atoms with Gasteiger partial charge in [-0.1, -0.05) is 13.8 Å². The number of anilines is 1. The minimum absolute atomic E-state index is 0.452. The zero-order valence-electron chi connectivity index (χ0n) is 9.50. The summed E-state index contributed by atoms with van der Waals surface area (Å²) in [6.45, 7) is 4.36. The zero-order chi connectivity index (χ0) is 10.8. The number of hydrogen-bond acceptors (Lipinski definition) is 4. The Labute approximate surface area is 95.1 Å². The van der Waals surface area contributed by atoms with Gasteiger partial charge in [-0.25, -0.2) is 9.97 Å². The van der Waals surface area contributed by atoms with E-state index in [1.165, 1.54) is 11.3 Å². The molecule has 1 unspecified atom stereocenters. The van der Waals surface area contributed by atoms with Crippen LogP contribution < -0.4 is 5.32 Å². The lowest BCUT2D eigenvalue weighted by atomic mass is 10.1. The molecule has 1 aromatic rings. The van der Waals surface area contributed by atoms with Crippen molar-refractivity contribution in [2.75, 3.05) is 12.4 Å². The third kappa shape index (κ3) is 1.95. The number of aromatic nitrogens is 2. The van der Waals surface area contributed by atoms with Crippen molar-refractivity contribution in [3.8, 4) is 0 Å². The number of nitrogens with zero attached hydrogens (tertiary/aromatic N) is 2. The zero-order valence-corrected chi connectivity index (χ0v) is 10.3. The fourth-order valence-corrected chi connectivity index (χ4v) is 2.72. The van der Waals surface area contributed by atoms with Gasteiger partial charge in [-0.15, -0.1) is 0 Å². The first-order valence-corrected chi connectivity index (χ1v) is 6.56. The Kier molecular flexibility index (Phi) is 3.14. The van der Waals surface area contributed by atoms with Crippen molar-refractivity contribution in [2.24, 2.45) is 0 Å². The molecule has 2 rings (SSSR count). The van der Waals surface area contributed by atoms with E-state index in [-0.39, 0.29) is 0 Å². The molecule has 0 spiro atoms. The Morgan fingerprint density at radius 3 is 2.87 bits per heavy atom. The first kappa shape index (κ1) is 10.7. The second kappa shape index (κ2) is 4.39. The van der Waals surface area contributed by atoms with Gasteiger partial charge >= 0.3 is 0 Å². The van der Waals surface area contributed by atoms with E-state index in [1.807, 2.05) is 18.8 Å². The molecule has 1 N–H and O–H groups in total. The monoisotopic (exact) mass is 223 g/mol. The predicted molar refractivity (Wildman–Crippen MR) is 65.3 cm³/mol. The van der Waals surface area contributed by atoms with Gasteiger partial charge in [0, 0.05) is 30.0 Å². The molecular weight excluding hydrogens is 206 g/mol. The van der Waals surface area contributed by atoms with Gasteiger partial charge in [0.1, 0.15) is 11.6 Å². The third-order valence-electron chi connectivity index (χ3n) is 2.89. The fraction of sp³-hybridized carbons (Fsp3) is 0.636. The van der Waals surface area contributed by atoms with E-state index in [0.717, 1.165) is 29.6 Å². The predicted octanol–water partition coefficient (Wildman–Crippen LogP) is 2.78. The lowest BCUT2D eigenvalue weighted by molar-refractivity contribution is 0.674. The summed E-state index contributed by atoms with van der Waals surface area (Å²) in [6, 6.07) is 0. The van der Waals surface area contributed by atoms with Gasteiger partial charge in [0.25, 0.3) is 0 Å². The summed E-state index contributed by atoms with van der Waals surface area (Å²) in [5, 5.41) is 3.18. The Bertz CT molecular complexity index is 365. The van der Waals surface area contributed by atoms with Crippen LogP contribution in [0.1, 0.15) is 43.3 Å². The van der Waals surface area contributed by atoms with Crippen LogP contribution in [0.4, 0.5) is 5.82 Å². The fourth-order valence-electron chi connectivity index (χ4n) is 1.68. The second-order valence-electron chi connectivity index (χ2n) is 3.91. The minimum Gasteiger partial charge on any atom is -0.373 e. The highest BCUT2D eigenvalue weighted by molar-refractivity contribution is 7.98. The third-order valence-corrected chi connectivity index (χ3v) is 3.86. The van der Waals surface area contributed by atoms with Crippen molar-refractivity contribution in [3.05, 3.63) is 17.1 Å². The van der Waals surface area contributed by atoms with Crippen molar-refractivity contribution in [1.29, 1.82) is 0 Å². The van der Waals surface area contributed by atoms with Crippen molar-refractivity contribution >= 4 is 17.6 Å². The topological polar surface area (TPSA) is 37.8 Å². The van der Waals surface area contributed by atoms with E-state index in [0.29, 0.717) is 5.92 Å². The maximum Gasteiger partial charge on any atom is 0.133 e. The summed E-state index contributed by atoms with van der Waals surface area (Å²) < 4.78 is 0. The van der Waals surface area contributed by atoms with E-state index < -0.39 is 0 Å². The lowest BCUT2D eigenvalue weighted by Gasteiger charge is -2.12. The molecule has 1 aliphatic rings. The van der Waals surface area contributed by atoms with E-state index in [1.54, 1.807) is 0 Å². The molecule has 1 aliphatic heterocycles. The van der Waals surface area contributed by atoms with Crippen LogP contribution in [0.5, 0.6) is 0 Å². The van der Waals surface area contributed by atoms with Crippen LogP contribution in [-0.2, 0) is 11.5 Å². The smallest absolute Gasteiger partial charge is 0.133 e. The lowest BCUT2D eigenvalue weighted by Crippen LogP contribution is -2.08.